The highest BCUT2D eigenvalue weighted by molar-refractivity contribution is 4.76. The summed E-state index contributed by atoms with van der Waals surface area (Å²) in [5.41, 5.74) is 5.69. The van der Waals surface area contributed by atoms with Gasteiger partial charge in [0.25, 0.3) is 0 Å². The van der Waals surface area contributed by atoms with Crippen LogP contribution in [0, 0.1) is 5.92 Å². The third-order valence-corrected chi connectivity index (χ3v) is 3.62. The summed E-state index contributed by atoms with van der Waals surface area (Å²) in [4.78, 5) is 2.53. The van der Waals surface area contributed by atoms with Crippen LogP contribution in [0.25, 0.3) is 0 Å². The minimum atomic E-state index is 0.0186. The lowest BCUT2D eigenvalue weighted by molar-refractivity contribution is 0.00500. The predicted molar refractivity (Wildman–Crippen MR) is 63.9 cm³/mol. The van der Waals surface area contributed by atoms with Gasteiger partial charge in [0.05, 0.1) is 5.60 Å². The fourth-order valence-electron chi connectivity index (χ4n) is 1.98. The Labute approximate surface area is 94.0 Å². The van der Waals surface area contributed by atoms with Crippen LogP contribution in [0.1, 0.15) is 33.1 Å². The maximum Gasteiger partial charge on any atom is 0.0634 e. The van der Waals surface area contributed by atoms with Crippen LogP contribution < -0.4 is 5.73 Å². The molecule has 3 nitrogen and oxygen atoms in total. The Balaban J connectivity index is 2.19. The molecule has 0 aromatic rings. The first kappa shape index (κ1) is 12.9. The summed E-state index contributed by atoms with van der Waals surface area (Å²) in [6.07, 6.45) is 3.64. The summed E-state index contributed by atoms with van der Waals surface area (Å²) < 4.78 is 5.42. The lowest BCUT2D eigenvalue weighted by atomic mass is 9.96. The second kappa shape index (κ2) is 5.83. The van der Waals surface area contributed by atoms with Gasteiger partial charge >= 0.3 is 0 Å². The number of ether oxygens (including phenoxy) is 1. The van der Waals surface area contributed by atoms with Crippen molar-refractivity contribution in [2.75, 3.05) is 33.3 Å². The Morgan fingerprint density at radius 1 is 1.33 bits per heavy atom. The van der Waals surface area contributed by atoms with E-state index < -0.39 is 0 Å². The van der Waals surface area contributed by atoms with E-state index in [2.05, 4.69) is 18.7 Å². The van der Waals surface area contributed by atoms with Crippen LogP contribution in [-0.2, 0) is 4.74 Å². The van der Waals surface area contributed by atoms with Gasteiger partial charge in [-0.3, -0.25) is 0 Å². The summed E-state index contributed by atoms with van der Waals surface area (Å²) in [6, 6.07) is 0. The topological polar surface area (TPSA) is 38.5 Å². The smallest absolute Gasteiger partial charge is 0.0634 e. The summed E-state index contributed by atoms with van der Waals surface area (Å²) in [6.45, 7) is 8.73. The van der Waals surface area contributed by atoms with E-state index >= 15 is 0 Å². The molecule has 15 heavy (non-hydrogen) atoms. The van der Waals surface area contributed by atoms with Gasteiger partial charge in [-0.1, -0.05) is 0 Å². The van der Waals surface area contributed by atoms with E-state index in [1.54, 1.807) is 7.11 Å². The molecule has 0 amide bonds. The van der Waals surface area contributed by atoms with E-state index in [1.165, 1.54) is 25.9 Å². The zero-order valence-electron chi connectivity index (χ0n) is 10.5. The SMILES string of the molecule is COC(C)(C)CCN1CCC(CN)CC1. The molecular weight excluding hydrogens is 188 g/mol. The number of hydrogen-bond acceptors (Lipinski definition) is 3. The van der Waals surface area contributed by atoms with Crippen molar-refractivity contribution in [3.63, 3.8) is 0 Å². The predicted octanol–water partition coefficient (Wildman–Crippen LogP) is 1.47. The van der Waals surface area contributed by atoms with Gasteiger partial charge in [0.1, 0.15) is 0 Å². The standard InChI is InChI=1S/C12H26N2O/c1-12(2,15-3)6-9-14-7-4-11(10-13)5-8-14/h11H,4-10,13H2,1-3H3. The van der Waals surface area contributed by atoms with Gasteiger partial charge < -0.3 is 15.4 Å². The van der Waals surface area contributed by atoms with Crippen LogP contribution in [0.3, 0.4) is 0 Å². The second-order valence-electron chi connectivity index (χ2n) is 5.23. The monoisotopic (exact) mass is 214 g/mol. The summed E-state index contributed by atoms with van der Waals surface area (Å²) >= 11 is 0. The van der Waals surface area contributed by atoms with Crippen molar-refractivity contribution in [1.29, 1.82) is 0 Å². The van der Waals surface area contributed by atoms with Crippen molar-refractivity contribution >= 4 is 0 Å². The second-order valence-corrected chi connectivity index (χ2v) is 5.23. The van der Waals surface area contributed by atoms with Gasteiger partial charge in [-0.15, -0.1) is 0 Å². The largest absolute Gasteiger partial charge is 0.379 e. The van der Waals surface area contributed by atoms with E-state index in [9.17, 15) is 0 Å². The van der Waals surface area contributed by atoms with Crippen LogP contribution in [0.15, 0.2) is 0 Å². The first-order valence-electron chi connectivity index (χ1n) is 6.05. The van der Waals surface area contributed by atoms with Gasteiger partial charge in [0.2, 0.25) is 0 Å². The van der Waals surface area contributed by atoms with Crippen LogP contribution in [0.4, 0.5) is 0 Å². The van der Waals surface area contributed by atoms with Crippen molar-refractivity contribution in [1.82, 2.24) is 4.90 Å². The average molecular weight is 214 g/mol. The lowest BCUT2D eigenvalue weighted by Gasteiger charge is -2.33. The van der Waals surface area contributed by atoms with Crippen LogP contribution in [0.5, 0.6) is 0 Å². The summed E-state index contributed by atoms with van der Waals surface area (Å²) in [5, 5.41) is 0. The molecule has 0 bridgehead atoms. The Morgan fingerprint density at radius 3 is 2.40 bits per heavy atom. The number of likely N-dealkylation sites (tertiary alicyclic amines) is 1. The molecular formula is C12H26N2O. The molecule has 1 heterocycles. The molecule has 2 N–H and O–H groups in total. The minimum absolute atomic E-state index is 0.0186. The fraction of sp³-hybridized carbons (Fsp3) is 1.00. The first-order chi connectivity index (χ1) is 7.07. The first-order valence-corrected chi connectivity index (χ1v) is 6.05. The van der Waals surface area contributed by atoms with Crippen molar-refractivity contribution in [2.24, 2.45) is 11.7 Å². The third kappa shape index (κ3) is 4.49. The number of nitrogens with zero attached hydrogens (tertiary/aromatic N) is 1. The zero-order chi connectivity index (χ0) is 11.3. The van der Waals surface area contributed by atoms with Crippen molar-refractivity contribution in [3.8, 4) is 0 Å². The summed E-state index contributed by atoms with van der Waals surface area (Å²) in [5.74, 6) is 0.761. The summed E-state index contributed by atoms with van der Waals surface area (Å²) in [7, 11) is 1.79. The molecule has 0 spiro atoms. The fourth-order valence-corrected chi connectivity index (χ4v) is 1.98. The van der Waals surface area contributed by atoms with Gasteiger partial charge in [0, 0.05) is 13.7 Å². The average Bonchev–Trinajstić information content (AvgIpc) is 2.27. The zero-order valence-corrected chi connectivity index (χ0v) is 10.5. The van der Waals surface area contributed by atoms with E-state index in [0.717, 1.165) is 25.4 Å². The minimum Gasteiger partial charge on any atom is -0.379 e. The molecule has 0 atom stereocenters. The molecule has 1 rings (SSSR count). The molecule has 1 fully saturated rings. The molecule has 0 aliphatic carbocycles. The van der Waals surface area contributed by atoms with Gasteiger partial charge in [-0.25, -0.2) is 0 Å². The Bertz CT molecular complexity index is 174. The van der Waals surface area contributed by atoms with E-state index in [-0.39, 0.29) is 5.60 Å². The van der Waals surface area contributed by atoms with Crippen molar-refractivity contribution in [2.45, 2.75) is 38.7 Å². The molecule has 1 saturated heterocycles. The normalized spacial score (nSPS) is 20.8. The number of methoxy groups -OCH3 is 1. The van der Waals surface area contributed by atoms with E-state index in [4.69, 9.17) is 10.5 Å². The molecule has 0 unspecified atom stereocenters. The van der Waals surface area contributed by atoms with E-state index in [0.29, 0.717) is 0 Å². The third-order valence-electron chi connectivity index (χ3n) is 3.62. The molecule has 0 aromatic heterocycles. The Kier molecular flexibility index (Phi) is 5.03. The van der Waals surface area contributed by atoms with Crippen LogP contribution in [0.2, 0.25) is 0 Å². The Hall–Kier alpha value is -0.120. The molecule has 1 aliphatic rings. The van der Waals surface area contributed by atoms with Crippen molar-refractivity contribution < 1.29 is 4.74 Å². The van der Waals surface area contributed by atoms with Gasteiger partial charge in [-0.2, -0.15) is 0 Å². The van der Waals surface area contributed by atoms with Crippen LogP contribution >= 0.6 is 0 Å². The molecule has 0 aromatic carbocycles. The number of piperidine rings is 1. The van der Waals surface area contributed by atoms with Crippen molar-refractivity contribution in [3.05, 3.63) is 0 Å². The maximum absolute atomic E-state index is 5.67. The number of rotatable bonds is 5. The molecule has 0 radical (unpaired) electrons. The van der Waals surface area contributed by atoms with E-state index in [1.807, 2.05) is 0 Å². The highest BCUT2D eigenvalue weighted by atomic mass is 16.5. The molecule has 0 saturated carbocycles. The van der Waals surface area contributed by atoms with Crippen LogP contribution in [-0.4, -0.2) is 43.8 Å². The molecule has 90 valence electrons. The number of nitrogens with two attached hydrogens (primary N) is 1. The lowest BCUT2D eigenvalue weighted by Crippen LogP contribution is -2.39. The Morgan fingerprint density at radius 2 is 1.93 bits per heavy atom. The van der Waals surface area contributed by atoms with Gasteiger partial charge in [-0.05, 0) is 58.7 Å². The quantitative estimate of drug-likeness (QED) is 0.753. The molecule has 1 aliphatic heterocycles. The molecule has 3 heteroatoms. The van der Waals surface area contributed by atoms with Gasteiger partial charge in [0.15, 0.2) is 0 Å². The highest BCUT2D eigenvalue weighted by Gasteiger charge is 2.21. The highest BCUT2D eigenvalue weighted by Crippen LogP contribution is 2.19. The maximum atomic E-state index is 5.67. The number of hydrogen-bond donors (Lipinski definition) is 1.